The molecule has 0 radical (unpaired) electrons. The second kappa shape index (κ2) is 5.74. The van der Waals surface area contributed by atoms with Gasteiger partial charge in [-0.15, -0.1) is 0 Å². The molecule has 2 rings (SSSR count). The molecule has 0 spiro atoms. The Bertz CT molecular complexity index is 212. The average molecular weight is 243 g/mol. The number of hydrogen-bond acceptors (Lipinski definition) is 3. The molecule has 2 aliphatic rings. The molecule has 2 N–H and O–H groups in total. The van der Waals surface area contributed by atoms with Crippen molar-refractivity contribution in [2.45, 2.75) is 55.7 Å². The Morgan fingerprint density at radius 2 is 2.06 bits per heavy atom. The fraction of sp³-hybridized carbons (Fsp3) is 1.00. The summed E-state index contributed by atoms with van der Waals surface area (Å²) < 4.78 is 0. The molecule has 0 aliphatic heterocycles. The van der Waals surface area contributed by atoms with Crippen molar-refractivity contribution in [3.05, 3.63) is 0 Å². The Kier molecular flexibility index (Phi) is 4.57. The second-order valence-corrected chi connectivity index (χ2v) is 6.87. The van der Waals surface area contributed by atoms with Gasteiger partial charge in [0.05, 0.1) is 6.61 Å². The summed E-state index contributed by atoms with van der Waals surface area (Å²) in [5, 5.41) is 13.5. The van der Waals surface area contributed by atoms with Gasteiger partial charge in [0.25, 0.3) is 0 Å². The predicted octanol–water partition coefficient (Wildman–Crippen LogP) is 2.41. The minimum Gasteiger partial charge on any atom is -0.394 e. The predicted molar refractivity (Wildman–Crippen MR) is 70.9 cm³/mol. The van der Waals surface area contributed by atoms with Crippen LogP contribution >= 0.6 is 11.8 Å². The van der Waals surface area contributed by atoms with Crippen molar-refractivity contribution in [3.8, 4) is 0 Å². The first-order valence-electron chi connectivity index (χ1n) is 6.69. The summed E-state index contributed by atoms with van der Waals surface area (Å²) in [5.41, 5.74) is 0.0351. The first-order chi connectivity index (χ1) is 7.78. The summed E-state index contributed by atoms with van der Waals surface area (Å²) in [6, 6.07) is 0. The first kappa shape index (κ1) is 12.7. The van der Waals surface area contributed by atoms with E-state index in [9.17, 15) is 5.11 Å². The molecule has 0 aromatic rings. The molecular formula is C13H25NOS. The van der Waals surface area contributed by atoms with Gasteiger partial charge >= 0.3 is 0 Å². The molecule has 0 aromatic heterocycles. The molecule has 0 aromatic carbocycles. The van der Waals surface area contributed by atoms with E-state index < -0.39 is 0 Å². The van der Waals surface area contributed by atoms with Gasteiger partial charge in [0.1, 0.15) is 0 Å². The van der Waals surface area contributed by atoms with E-state index in [0.29, 0.717) is 6.61 Å². The number of aliphatic hydroxyl groups is 1. The fourth-order valence-corrected chi connectivity index (χ4v) is 4.72. The Hall–Kier alpha value is 0.270. The fourth-order valence-electron chi connectivity index (χ4n) is 3.12. The Labute approximate surface area is 104 Å². The maximum atomic E-state index is 9.44. The Balaban J connectivity index is 1.71. The molecule has 2 nitrogen and oxygen atoms in total. The second-order valence-electron chi connectivity index (χ2n) is 5.54. The van der Waals surface area contributed by atoms with Crippen molar-refractivity contribution in [1.29, 1.82) is 0 Å². The van der Waals surface area contributed by atoms with Crippen molar-refractivity contribution in [3.63, 3.8) is 0 Å². The standard InChI is InChI=1S/C13H25NOS/c1-14-13(10-15)7-6-12(8-13)16-9-11-4-2-3-5-11/h11-12,14-15H,2-10H2,1H3. The van der Waals surface area contributed by atoms with Gasteiger partial charge in [0.2, 0.25) is 0 Å². The molecule has 94 valence electrons. The zero-order valence-electron chi connectivity index (χ0n) is 10.4. The van der Waals surface area contributed by atoms with E-state index in [0.717, 1.165) is 24.0 Å². The van der Waals surface area contributed by atoms with Crippen LogP contribution < -0.4 is 5.32 Å². The van der Waals surface area contributed by atoms with E-state index in [4.69, 9.17) is 0 Å². The summed E-state index contributed by atoms with van der Waals surface area (Å²) in [7, 11) is 1.99. The van der Waals surface area contributed by atoms with E-state index >= 15 is 0 Å². The third kappa shape index (κ3) is 2.93. The summed E-state index contributed by atoms with van der Waals surface area (Å²) >= 11 is 2.16. The lowest BCUT2D eigenvalue weighted by atomic mass is 10.00. The lowest BCUT2D eigenvalue weighted by Crippen LogP contribution is -2.44. The molecule has 3 heteroatoms. The number of aliphatic hydroxyl groups excluding tert-OH is 1. The van der Waals surface area contributed by atoms with E-state index in [-0.39, 0.29) is 5.54 Å². The minimum atomic E-state index is 0.0351. The third-order valence-corrected chi connectivity index (χ3v) is 5.98. The van der Waals surface area contributed by atoms with Crippen LogP contribution in [0.4, 0.5) is 0 Å². The summed E-state index contributed by atoms with van der Waals surface area (Å²) in [6.07, 6.45) is 9.38. The van der Waals surface area contributed by atoms with Gasteiger partial charge in [-0.2, -0.15) is 11.8 Å². The SMILES string of the molecule is CNC1(CO)CCC(SCC2CCCC2)C1. The van der Waals surface area contributed by atoms with Gasteiger partial charge < -0.3 is 10.4 Å². The number of nitrogens with one attached hydrogen (secondary N) is 1. The van der Waals surface area contributed by atoms with Crippen LogP contribution in [0.25, 0.3) is 0 Å². The average Bonchev–Trinajstić information content (AvgIpc) is 2.96. The maximum Gasteiger partial charge on any atom is 0.0613 e. The van der Waals surface area contributed by atoms with Crippen molar-refractivity contribution in [2.75, 3.05) is 19.4 Å². The van der Waals surface area contributed by atoms with Crippen LogP contribution in [0.3, 0.4) is 0 Å². The Morgan fingerprint density at radius 1 is 1.31 bits per heavy atom. The molecule has 2 unspecified atom stereocenters. The summed E-state index contributed by atoms with van der Waals surface area (Å²) in [6.45, 7) is 0.296. The lowest BCUT2D eigenvalue weighted by Gasteiger charge is -2.26. The molecule has 2 fully saturated rings. The zero-order chi connectivity index (χ0) is 11.4. The molecule has 16 heavy (non-hydrogen) atoms. The highest BCUT2D eigenvalue weighted by Crippen LogP contribution is 2.39. The van der Waals surface area contributed by atoms with Gasteiger partial charge in [0, 0.05) is 10.8 Å². The highest BCUT2D eigenvalue weighted by atomic mass is 32.2. The van der Waals surface area contributed by atoms with Crippen LogP contribution in [-0.4, -0.2) is 35.3 Å². The summed E-state index contributed by atoms with van der Waals surface area (Å²) in [4.78, 5) is 0. The van der Waals surface area contributed by atoms with Gasteiger partial charge in [-0.25, -0.2) is 0 Å². The number of thioether (sulfide) groups is 1. The van der Waals surface area contributed by atoms with Gasteiger partial charge in [-0.1, -0.05) is 12.8 Å². The summed E-state index contributed by atoms with van der Waals surface area (Å²) in [5.74, 6) is 2.35. The van der Waals surface area contributed by atoms with Gasteiger partial charge in [-0.3, -0.25) is 0 Å². The van der Waals surface area contributed by atoms with Crippen molar-refractivity contribution in [2.24, 2.45) is 5.92 Å². The van der Waals surface area contributed by atoms with E-state index in [2.05, 4.69) is 17.1 Å². The molecule has 2 aliphatic carbocycles. The molecule has 0 amide bonds. The van der Waals surface area contributed by atoms with E-state index in [1.54, 1.807) is 0 Å². The van der Waals surface area contributed by atoms with Crippen LogP contribution in [-0.2, 0) is 0 Å². The molecule has 0 heterocycles. The highest BCUT2D eigenvalue weighted by Gasteiger charge is 2.37. The minimum absolute atomic E-state index is 0.0351. The van der Waals surface area contributed by atoms with Crippen LogP contribution in [0.2, 0.25) is 0 Å². The van der Waals surface area contributed by atoms with Crippen molar-refractivity contribution in [1.82, 2.24) is 5.32 Å². The molecule has 0 bridgehead atoms. The van der Waals surface area contributed by atoms with Crippen LogP contribution in [0.5, 0.6) is 0 Å². The monoisotopic (exact) mass is 243 g/mol. The van der Waals surface area contributed by atoms with Gasteiger partial charge in [0.15, 0.2) is 0 Å². The molecule has 2 saturated carbocycles. The maximum absolute atomic E-state index is 9.44. The normalized spacial score (nSPS) is 36.0. The van der Waals surface area contributed by atoms with Crippen LogP contribution in [0.1, 0.15) is 44.9 Å². The van der Waals surface area contributed by atoms with Crippen LogP contribution in [0, 0.1) is 5.92 Å². The smallest absolute Gasteiger partial charge is 0.0613 e. The van der Waals surface area contributed by atoms with Gasteiger partial charge in [-0.05, 0) is 50.8 Å². The van der Waals surface area contributed by atoms with Crippen LogP contribution in [0.15, 0.2) is 0 Å². The molecule has 0 saturated heterocycles. The number of hydrogen-bond donors (Lipinski definition) is 2. The third-order valence-electron chi connectivity index (χ3n) is 4.44. The molecule has 2 atom stereocenters. The zero-order valence-corrected chi connectivity index (χ0v) is 11.2. The topological polar surface area (TPSA) is 32.3 Å². The quantitative estimate of drug-likeness (QED) is 0.778. The first-order valence-corrected chi connectivity index (χ1v) is 7.74. The lowest BCUT2D eigenvalue weighted by molar-refractivity contribution is 0.173. The van der Waals surface area contributed by atoms with E-state index in [1.807, 2.05) is 7.05 Å². The number of rotatable bonds is 5. The molecular weight excluding hydrogens is 218 g/mol. The largest absolute Gasteiger partial charge is 0.394 e. The number of likely N-dealkylation sites (N-methyl/N-ethyl adjacent to an activating group) is 1. The van der Waals surface area contributed by atoms with Crippen molar-refractivity contribution >= 4 is 11.8 Å². The van der Waals surface area contributed by atoms with Crippen molar-refractivity contribution < 1.29 is 5.11 Å². The highest BCUT2D eigenvalue weighted by molar-refractivity contribution is 7.99. The van der Waals surface area contributed by atoms with E-state index in [1.165, 1.54) is 37.9 Å². The Morgan fingerprint density at radius 3 is 2.62 bits per heavy atom.